The minimum absolute atomic E-state index is 0.149. The molecule has 7 heteroatoms. The van der Waals surface area contributed by atoms with Crippen molar-refractivity contribution in [2.24, 2.45) is 0 Å². The van der Waals surface area contributed by atoms with Crippen LogP contribution in [0.5, 0.6) is 0 Å². The molecule has 0 saturated carbocycles. The van der Waals surface area contributed by atoms with Crippen LogP contribution in [0.1, 0.15) is 13.8 Å². The van der Waals surface area contributed by atoms with E-state index in [0.29, 0.717) is 10.7 Å². The van der Waals surface area contributed by atoms with E-state index in [1.807, 2.05) is 0 Å². The van der Waals surface area contributed by atoms with Gasteiger partial charge >= 0.3 is 0 Å². The quantitative estimate of drug-likeness (QED) is 0.847. The maximum Gasteiger partial charge on any atom is 0.246 e. The van der Waals surface area contributed by atoms with Gasteiger partial charge in [-0.1, -0.05) is 18.5 Å². The number of carbonyl (C=O) groups is 1. The predicted molar refractivity (Wildman–Crippen MR) is 78.7 cm³/mol. The summed E-state index contributed by atoms with van der Waals surface area (Å²) in [6.45, 7) is 2.81. The van der Waals surface area contributed by atoms with Gasteiger partial charge in [0, 0.05) is 16.5 Å². The lowest BCUT2D eigenvalue weighted by atomic mass is 10.2. The monoisotopic (exact) mass is 323 g/mol. The van der Waals surface area contributed by atoms with Crippen molar-refractivity contribution in [2.45, 2.75) is 18.6 Å². The first-order valence-corrected chi connectivity index (χ1v) is 8.18. The van der Waals surface area contributed by atoms with Gasteiger partial charge in [0.1, 0.15) is 0 Å². The normalized spacial score (nSPS) is 14.7. The Morgan fingerprint density at radius 3 is 2.26 bits per heavy atom. The maximum absolute atomic E-state index is 12.1. The van der Waals surface area contributed by atoms with Gasteiger partial charge < -0.3 is 5.32 Å². The SMILES string of the molecule is CCS(=O)(=O)C(C)(CCl)C(=O)Nc1ccc(Cl)cc1. The van der Waals surface area contributed by atoms with E-state index in [1.165, 1.54) is 13.8 Å². The van der Waals surface area contributed by atoms with Crippen LogP contribution >= 0.6 is 23.2 Å². The van der Waals surface area contributed by atoms with Crippen LogP contribution in [0, 0.1) is 0 Å². The van der Waals surface area contributed by atoms with Gasteiger partial charge in [0.15, 0.2) is 14.6 Å². The number of nitrogens with one attached hydrogen (secondary N) is 1. The molecule has 0 heterocycles. The number of carbonyl (C=O) groups excluding carboxylic acids is 1. The molecule has 1 unspecified atom stereocenters. The fraction of sp³-hybridized carbons (Fsp3) is 0.417. The zero-order valence-electron chi connectivity index (χ0n) is 10.6. The van der Waals surface area contributed by atoms with Gasteiger partial charge in [-0.25, -0.2) is 8.42 Å². The summed E-state index contributed by atoms with van der Waals surface area (Å²) < 4.78 is 22.3. The van der Waals surface area contributed by atoms with E-state index in [2.05, 4.69) is 5.32 Å². The summed E-state index contributed by atoms with van der Waals surface area (Å²) in [5.74, 6) is -1.10. The standard InChI is InChI=1S/C12H15Cl2NO3S/c1-3-19(17,18)12(2,8-13)11(16)15-10-6-4-9(14)5-7-10/h4-7H,3,8H2,1-2H3,(H,15,16). The molecule has 0 fully saturated rings. The van der Waals surface area contributed by atoms with Crippen LogP contribution in [0.2, 0.25) is 5.02 Å². The van der Waals surface area contributed by atoms with Gasteiger partial charge in [-0.05, 0) is 31.2 Å². The Hall–Kier alpha value is -0.780. The minimum atomic E-state index is -3.61. The van der Waals surface area contributed by atoms with E-state index >= 15 is 0 Å². The average Bonchev–Trinajstić information content (AvgIpc) is 2.40. The van der Waals surface area contributed by atoms with E-state index in [4.69, 9.17) is 23.2 Å². The molecule has 1 atom stereocenters. The van der Waals surface area contributed by atoms with Crippen molar-refractivity contribution < 1.29 is 13.2 Å². The zero-order chi connectivity index (χ0) is 14.7. The van der Waals surface area contributed by atoms with Crippen LogP contribution in [0.15, 0.2) is 24.3 Å². The fourth-order valence-corrected chi connectivity index (χ4v) is 3.28. The van der Waals surface area contributed by atoms with Gasteiger partial charge in [0.05, 0.1) is 5.88 Å². The van der Waals surface area contributed by atoms with Crippen LogP contribution in [-0.4, -0.2) is 30.7 Å². The molecule has 1 N–H and O–H groups in total. The molecule has 0 aliphatic rings. The van der Waals surface area contributed by atoms with E-state index in [0.717, 1.165) is 0 Å². The summed E-state index contributed by atoms with van der Waals surface area (Å²) in [6.07, 6.45) is 0. The smallest absolute Gasteiger partial charge is 0.246 e. The lowest BCUT2D eigenvalue weighted by Gasteiger charge is -2.25. The predicted octanol–water partition coefficient (Wildman–Crippen LogP) is 2.71. The van der Waals surface area contributed by atoms with Crippen molar-refractivity contribution in [1.29, 1.82) is 0 Å². The molecule has 0 aromatic heterocycles. The van der Waals surface area contributed by atoms with Gasteiger partial charge in [-0.2, -0.15) is 0 Å². The Bertz CT molecular complexity index is 557. The van der Waals surface area contributed by atoms with Gasteiger partial charge in [0.25, 0.3) is 0 Å². The Kier molecular flexibility index (Phi) is 5.24. The maximum atomic E-state index is 12.1. The van der Waals surface area contributed by atoms with Crippen LogP contribution in [0.4, 0.5) is 5.69 Å². The van der Waals surface area contributed by atoms with Crippen molar-refractivity contribution in [1.82, 2.24) is 0 Å². The zero-order valence-corrected chi connectivity index (χ0v) is 12.9. The second-order valence-corrected chi connectivity index (χ2v) is 7.64. The molecule has 0 spiro atoms. The van der Waals surface area contributed by atoms with Crippen LogP contribution in [0.25, 0.3) is 0 Å². The molecule has 19 heavy (non-hydrogen) atoms. The Balaban J connectivity index is 3.01. The summed E-state index contributed by atoms with van der Waals surface area (Å²) >= 11 is 11.4. The first-order valence-electron chi connectivity index (χ1n) is 5.62. The largest absolute Gasteiger partial charge is 0.325 e. The summed E-state index contributed by atoms with van der Waals surface area (Å²) in [5, 5.41) is 3.07. The van der Waals surface area contributed by atoms with Crippen LogP contribution in [0.3, 0.4) is 0 Å². The number of hydrogen-bond acceptors (Lipinski definition) is 3. The second kappa shape index (κ2) is 6.11. The van der Waals surface area contributed by atoms with Gasteiger partial charge in [-0.15, -0.1) is 11.6 Å². The summed E-state index contributed by atoms with van der Waals surface area (Å²) in [4.78, 5) is 12.1. The Labute approximate surface area is 123 Å². The molecular formula is C12H15Cl2NO3S. The van der Waals surface area contributed by atoms with E-state index < -0.39 is 20.5 Å². The molecule has 4 nitrogen and oxygen atoms in total. The number of rotatable bonds is 5. The Morgan fingerprint density at radius 2 is 1.84 bits per heavy atom. The molecule has 0 aliphatic carbocycles. The molecule has 1 rings (SSSR count). The first kappa shape index (κ1) is 16.3. The van der Waals surface area contributed by atoms with Gasteiger partial charge in [0.2, 0.25) is 5.91 Å². The second-order valence-electron chi connectivity index (χ2n) is 4.23. The number of halogens is 2. The third-order valence-corrected chi connectivity index (χ3v) is 6.31. The number of sulfone groups is 1. The highest BCUT2D eigenvalue weighted by molar-refractivity contribution is 7.93. The topological polar surface area (TPSA) is 63.2 Å². The Morgan fingerprint density at radius 1 is 1.32 bits per heavy atom. The van der Waals surface area contributed by atoms with E-state index in [9.17, 15) is 13.2 Å². The highest BCUT2D eigenvalue weighted by Crippen LogP contribution is 2.23. The highest BCUT2D eigenvalue weighted by atomic mass is 35.5. The van der Waals surface area contributed by atoms with Gasteiger partial charge in [-0.3, -0.25) is 4.79 Å². The van der Waals surface area contributed by atoms with Crippen molar-refractivity contribution >= 4 is 44.6 Å². The third-order valence-electron chi connectivity index (χ3n) is 2.90. The molecule has 0 saturated heterocycles. The average molecular weight is 324 g/mol. The van der Waals surface area contributed by atoms with Crippen LogP contribution < -0.4 is 5.32 Å². The summed E-state index contributed by atoms with van der Waals surface area (Å²) in [6, 6.07) is 6.38. The van der Waals surface area contributed by atoms with E-state index in [-0.39, 0.29) is 11.6 Å². The molecule has 0 bridgehead atoms. The molecule has 1 aromatic rings. The lowest BCUT2D eigenvalue weighted by Crippen LogP contribution is -2.49. The van der Waals surface area contributed by atoms with E-state index in [1.54, 1.807) is 24.3 Å². The summed E-state index contributed by atoms with van der Waals surface area (Å²) in [5.41, 5.74) is 0.469. The van der Waals surface area contributed by atoms with Crippen molar-refractivity contribution in [3.63, 3.8) is 0 Å². The summed E-state index contributed by atoms with van der Waals surface area (Å²) in [7, 11) is -3.61. The number of amides is 1. The first-order chi connectivity index (χ1) is 8.76. The number of alkyl halides is 1. The number of hydrogen-bond donors (Lipinski definition) is 1. The third kappa shape index (κ3) is 3.41. The molecular weight excluding hydrogens is 309 g/mol. The number of benzene rings is 1. The lowest BCUT2D eigenvalue weighted by molar-refractivity contribution is -0.117. The molecule has 0 radical (unpaired) electrons. The highest BCUT2D eigenvalue weighted by Gasteiger charge is 2.44. The van der Waals surface area contributed by atoms with Crippen molar-refractivity contribution in [2.75, 3.05) is 16.9 Å². The van der Waals surface area contributed by atoms with Crippen LogP contribution in [-0.2, 0) is 14.6 Å². The van der Waals surface area contributed by atoms with Crippen molar-refractivity contribution in [3.05, 3.63) is 29.3 Å². The minimum Gasteiger partial charge on any atom is -0.325 e. The molecule has 1 aromatic carbocycles. The van der Waals surface area contributed by atoms with Crippen molar-refractivity contribution in [3.8, 4) is 0 Å². The molecule has 1 amide bonds. The fourth-order valence-electron chi connectivity index (χ4n) is 1.40. The molecule has 0 aliphatic heterocycles. The molecule has 106 valence electrons. The number of anilines is 1.